The van der Waals surface area contributed by atoms with Crippen LogP contribution in [-0.4, -0.2) is 19.8 Å². The van der Waals surface area contributed by atoms with Crippen LogP contribution in [0, 0.1) is 0 Å². The lowest BCUT2D eigenvalue weighted by Crippen LogP contribution is -2.24. The smallest absolute Gasteiger partial charge is 0.407 e. The SMILES string of the molecule is CCCCOC(=O)NCc1cc(N)cc(OC)c1. The van der Waals surface area contributed by atoms with Gasteiger partial charge >= 0.3 is 6.09 Å². The van der Waals surface area contributed by atoms with Gasteiger partial charge in [-0.25, -0.2) is 4.79 Å². The minimum Gasteiger partial charge on any atom is -0.497 e. The predicted octanol–water partition coefficient (Wildman–Crippen LogP) is 2.30. The first kappa shape index (κ1) is 14.2. The first-order chi connectivity index (χ1) is 8.65. The lowest BCUT2D eigenvalue weighted by Gasteiger charge is -2.08. The van der Waals surface area contributed by atoms with Crippen molar-refractivity contribution in [2.45, 2.75) is 26.3 Å². The Kier molecular flexibility index (Phi) is 5.84. The van der Waals surface area contributed by atoms with Crippen molar-refractivity contribution in [3.8, 4) is 5.75 Å². The fourth-order valence-corrected chi connectivity index (χ4v) is 1.44. The van der Waals surface area contributed by atoms with Crippen molar-refractivity contribution in [1.82, 2.24) is 5.32 Å². The molecule has 0 unspecified atom stereocenters. The maximum atomic E-state index is 11.3. The second kappa shape index (κ2) is 7.42. The number of nitrogens with one attached hydrogen (secondary N) is 1. The van der Waals surface area contributed by atoms with Gasteiger partial charge in [-0.2, -0.15) is 0 Å². The summed E-state index contributed by atoms with van der Waals surface area (Å²) >= 11 is 0. The molecule has 0 heterocycles. The fraction of sp³-hybridized carbons (Fsp3) is 0.462. The summed E-state index contributed by atoms with van der Waals surface area (Å²) in [6.07, 6.45) is 1.46. The molecule has 0 spiro atoms. The van der Waals surface area contributed by atoms with Crippen LogP contribution >= 0.6 is 0 Å². The molecule has 5 heteroatoms. The molecule has 0 aliphatic rings. The standard InChI is InChI=1S/C13H20N2O3/c1-3-4-5-18-13(16)15-9-10-6-11(14)8-12(7-10)17-2/h6-8H,3-5,9,14H2,1-2H3,(H,15,16). The van der Waals surface area contributed by atoms with E-state index in [-0.39, 0.29) is 0 Å². The molecule has 100 valence electrons. The molecular weight excluding hydrogens is 232 g/mol. The van der Waals surface area contributed by atoms with Crippen LogP contribution in [0.1, 0.15) is 25.3 Å². The molecule has 1 amide bonds. The number of alkyl carbamates (subject to hydrolysis) is 1. The summed E-state index contributed by atoms with van der Waals surface area (Å²) in [5.41, 5.74) is 7.19. The van der Waals surface area contributed by atoms with E-state index in [2.05, 4.69) is 5.32 Å². The number of nitrogen functional groups attached to an aromatic ring is 1. The Bertz CT molecular complexity index is 394. The van der Waals surface area contributed by atoms with Gasteiger partial charge in [0, 0.05) is 18.3 Å². The van der Waals surface area contributed by atoms with Crippen LogP contribution in [0.15, 0.2) is 18.2 Å². The number of methoxy groups -OCH3 is 1. The van der Waals surface area contributed by atoms with Gasteiger partial charge in [-0.15, -0.1) is 0 Å². The largest absolute Gasteiger partial charge is 0.497 e. The molecule has 1 aromatic carbocycles. The van der Waals surface area contributed by atoms with Crippen molar-refractivity contribution in [2.75, 3.05) is 19.5 Å². The molecule has 0 saturated carbocycles. The summed E-state index contributed by atoms with van der Waals surface area (Å²) in [4.78, 5) is 11.3. The van der Waals surface area contributed by atoms with Gasteiger partial charge in [0.05, 0.1) is 13.7 Å². The van der Waals surface area contributed by atoms with Gasteiger partial charge in [-0.3, -0.25) is 0 Å². The summed E-state index contributed by atoms with van der Waals surface area (Å²) in [5, 5.41) is 2.66. The lowest BCUT2D eigenvalue weighted by atomic mass is 10.2. The van der Waals surface area contributed by atoms with Crippen molar-refractivity contribution in [3.05, 3.63) is 23.8 Å². The monoisotopic (exact) mass is 252 g/mol. The Morgan fingerprint density at radius 3 is 2.83 bits per heavy atom. The summed E-state index contributed by atoms with van der Waals surface area (Å²) < 4.78 is 10.1. The van der Waals surface area contributed by atoms with E-state index in [1.165, 1.54) is 0 Å². The van der Waals surface area contributed by atoms with Crippen LogP contribution in [0.3, 0.4) is 0 Å². The van der Waals surface area contributed by atoms with Crippen LogP contribution in [0.4, 0.5) is 10.5 Å². The number of unbranched alkanes of at least 4 members (excludes halogenated alkanes) is 1. The number of carbonyl (C=O) groups is 1. The van der Waals surface area contributed by atoms with E-state index in [0.717, 1.165) is 18.4 Å². The van der Waals surface area contributed by atoms with E-state index >= 15 is 0 Å². The van der Waals surface area contributed by atoms with Gasteiger partial charge in [-0.1, -0.05) is 13.3 Å². The highest BCUT2D eigenvalue weighted by Crippen LogP contribution is 2.18. The third kappa shape index (κ3) is 4.95. The fourth-order valence-electron chi connectivity index (χ4n) is 1.44. The molecule has 0 aliphatic heterocycles. The quantitative estimate of drug-likeness (QED) is 0.602. The summed E-state index contributed by atoms with van der Waals surface area (Å²) in [5.74, 6) is 0.672. The van der Waals surface area contributed by atoms with E-state index in [1.807, 2.05) is 13.0 Å². The molecule has 5 nitrogen and oxygen atoms in total. The minimum atomic E-state index is -0.412. The minimum absolute atomic E-state index is 0.367. The van der Waals surface area contributed by atoms with Crippen molar-refractivity contribution in [1.29, 1.82) is 0 Å². The highest BCUT2D eigenvalue weighted by atomic mass is 16.5. The Morgan fingerprint density at radius 2 is 2.17 bits per heavy atom. The Morgan fingerprint density at radius 1 is 1.39 bits per heavy atom. The Balaban J connectivity index is 2.43. The highest BCUT2D eigenvalue weighted by Gasteiger charge is 2.03. The molecule has 0 fully saturated rings. The average molecular weight is 252 g/mol. The topological polar surface area (TPSA) is 73.6 Å². The Hall–Kier alpha value is -1.91. The summed E-state index contributed by atoms with van der Waals surface area (Å²) in [6, 6.07) is 5.33. The third-order valence-corrected chi connectivity index (χ3v) is 2.39. The maximum Gasteiger partial charge on any atom is 0.407 e. The van der Waals surface area contributed by atoms with Crippen molar-refractivity contribution >= 4 is 11.8 Å². The van der Waals surface area contributed by atoms with Crippen LogP contribution in [0.25, 0.3) is 0 Å². The number of anilines is 1. The number of ether oxygens (including phenoxy) is 2. The average Bonchev–Trinajstić information content (AvgIpc) is 2.36. The number of benzene rings is 1. The zero-order valence-electron chi connectivity index (χ0n) is 10.9. The lowest BCUT2D eigenvalue weighted by molar-refractivity contribution is 0.144. The van der Waals surface area contributed by atoms with E-state index in [9.17, 15) is 4.79 Å². The van der Waals surface area contributed by atoms with Gasteiger partial charge < -0.3 is 20.5 Å². The normalized spacial score (nSPS) is 9.89. The number of nitrogens with two attached hydrogens (primary N) is 1. The molecule has 0 saturated heterocycles. The second-order valence-electron chi connectivity index (χ2n) is 3.96. The first-order valence-corrected chi connectivity index (χ1v) is 5.99. The summed E-state index contributed by atoms with van der Waals surface area (Å²) in [6.45, 7) is 2.86. The van der Waals surface area contributed by atoms with Crippen molar-refractivity contribution < 1.29 is 14.3 Å². The molecular formula is C13H20N2O3. The van der Waals surface area contributed by atoms with E-state index in [1.54, 1.807) is 19.2 Å². The molecule has 0 aromatic heterocycles. The van der Waals surface area contributed by atoms with Gasteiger partial charge in [-0.05, 0) is 24.1 Å². The van der Waals surface area contributed by atoms with E-state index < -0.39 is 6.09 Å². The van der Waals surface area contributed by atoms with E-state index in [0.29, 0.717) is 24.6 Å². The van der Waals surface area contributed by atoms with Crippen molar-refractivity contribution in [2.24, 2.45) is 0 Å². The van der Waals surface area contributed by atoms with Gasteiger partial charge in [0.15, 0.2) is 0 Å². The molecule has 0 radical (unpaired) electrons. The van der Waals surface area contributed by atoms with Crippen LogP contribution in [0.2, 0.25) is 0 Å². The zero-order valence-corrected chi connectivity index (χ0v) is 10.9. The van der Waals surface area contributed by atoms with Gasteiger partial charge in [0.25, 0.3) is 0 Å². The highest BCUT2D eigenvalue weighted by molar-refractivity contribution is 5.67. The number of hydrogen-bond acceptors (Lipinski definition) is 4. The van der Waals surface area contributed by atoms with Crippen LogP contribution in [-0.2, 0) is 11.3 Å². The summed E-state index contributed by atoms with van der Waals surface area (Å²) in [7, 11) is 1.57. The van der Waals surface area contributed by atoms with Gasteiger partial charge in [0.1, 0.15) is 5.75 Å². The molecule has 0 atom stereocenters. The number of rotatable bonds is 6. The molecule has 18 heavy (non-hydrogen) atoms. The molecule has 0 aliphatic carbocycles. The molecule has 1 aromatic rings. The number of hydrogen-bond donors (Lipinski definition) is 2. The zero-order chi connectivity index (χ0) is 13.4. The Labute approximate surface area is 107 Å². The van der Waals surface area contributed by atoms with Crippen molar-refractivity contribution in [3.63, 3.8) is 0 Å². The molecule has 1 rings (SSSR count). The first-order valence-electron chi connectivity index (χ1n) is 5.99. The molecule has 3 N–H and O–H groups in total. The van der Waals surface area contributed by atoms with Crippen LogP contribution in [0.5, 0.6) is 5.75 Å². The van der Waals surface area contributed by atoms with E-state index in [4.69, 9.17) is 15.2 Å². The number of carbonyl (C=O) groups excluding carboxylic acids is 1. The number of amides is 1. The maximum absolute atomic E-state index is 11.3. The predicted molar refractivity (Wildman–Crippen MR) is 70.5 cm³/mol. The van der Waals surface area contributed by atoms with Crippen LogP contribution < -0.4 is 15.8 Å². The van der Waals surface area contributed by atoms with Gasteiger partial charge in [0.2, 0.25) is 0 Å². The second-order valence-corrected chi connectivity index (χ2v) is 3.96. The third-order valence-electron chi connectivity index (χ3n) is 2.39. The molecule has 0 bridgehead atoms.